The van der Waals surface area contributed by atoms with Crippen molar-refractivity contribution in [1.82, 2.24) is 0 Å². The maximum absolute atomic E-state index is 12.1. The van der Waals surface area contributed by atoms with Gasteiger partial charge in [0.05, 0.1) is 21.9 Å². The summed E-state index contributed by atoms with van der Waals surface area (Å²) in [5.41, 5.74) is 0.379. The van der Waals surface area contributed by atoms with Crippen molar-refractivity contribution < 1.29 is 18.1 Å². The summed E-state index contributed by atoms with van der Waals surface area (Å²) < 4.78 is 25.3. The molecule has 8 nitrogen and oxygen atoms in total. The molecule has 0 aliphatic carbocycles. The van der Waals surface area contributed by atoms with E-state index < -0.39 is 20.9 Å². The number of nitro groups is 1. The minimum atomic E-state index is -3.65. The molecule has 0 fully saturated rings. The standard InChI is InChI=1S/C17H17Cl2N3O5S/c1-28(26,27)21(16-10-12(18)7-8-15(16)19)9-3-6-17(23)20-13-4-2-5-14(11-13)22(24)25/h2,4-5,7-8,10-11H,3,6,9H2,1H3,(H,20,23). The fourth-order valence-electron chi connectivity index (χ4n) is 2.45. The van der Waals surface area contributed by atoms with E-state index in [9.17, 15) is 23.3 Å². The SMILES string of the molecule is CS(=O)(=O)N(CCCC(=O)Nc1cccc([N+](=O)[O-])c1)c1cc(Cl)ccc1Cl. The summed E-state index contributed by atoms with van der Waals surface area (Å²) in [6.45, 7) is 0.0151. The van der Waals surface area contributed by atoms with Crippen LogP contribution >= 0.6 is 23.2 Å². The average Bonchev–Trinajstić information content (AvgIpc) is 2.60. The second kappa shape index (κ2) is 9.22. The Kier molecular flexibility index (Phi) is 7.22. The lowest BCUT2D eigenvalue weighted by molar-refractivity contribution is -0.384. The monoisotopic (exact) mass is 445 g/mol. The normalized spacial score (nSPS) is 11.1. The molecule has 150 valence electrons. The number of hydrogen-bond donors (Lipinski definition) is 1. The topological polar surface area (TPSA) is 110 Å². The lowest BCUT2D eigenvalue weighted by atomic mass is 10.2. The second-order valence-corrected chi connectivity index (χ2v) is 8.64. The molecule has 28 heavy (non-hydrogen) atoms. The minimum absolute atomic E-state index is 0.00684. The number of nitrogens with one attached hydrogen (secondary N) is 1. The van der Waals surface area contributed by atoms with Gasteiger partial charge < -0.3 is 5.32 Å². The molecule has 2 rings (SSSR count). The number of rotatable bonds is 8. The number of halogens is 2. The molecule has 11 heteroatoms. The van der Waals surface area contributed by atoms with Gasteiger partial charge in [-0.1, -0.05) is 29.3 Å². The number of nitrogens with zero attached hydrogens (tertiary/aromatic N) is 2. The van der Waals surface area contributed by atoms with Gasteiger partial charge in [-0.2, -0.15) is 0 Å². The van der Waals surface area contributed by atoms with Gasteiger partial charge in [0.25, 0.3) is 5.69 Å². The zero-order valence-electron chi connectivity index (χ0n) is 14.8. The van der Waals surface area contributed by atoms with E-state index in [-0.39, 0.29) is 41.5 Å². The Hall–Kier alpha value is -2.36. The molecule has 1 amide bonds. The Morgan fingerprint density at radius 2 is 1.93 bits per heavy atom. The van der Waals surface area contributed by atoms with Crippen LogP contribution < -0.4 is 9.62 Å². The molecule has 0 heterocycles. The number of hydrogen-bond acceptors (Lipinski definition) is 5. The number of sulfonamides is 1. The number of carbonyl (C=O) groups excluding carboxylic acids is 1. The fraction of sp³-hybridized carbons (Fsp3) is 0.235. The van der Waals surface area contributed by atoms with Crippen molar-refractivity contribution in [3.8, 4) is 0 Å². The molecule has 0 aromatic heterocycles. The molecule has 0 atom stereocenters. The first-order valence-corrected chi connectivity index (χ1v) is 10.7. The van der Waals surface area contributed by atoms with Gasteiger partial charge in [0, 0.05) is 35.8 Å². The lowest BCUT2D eigenvalue weighted by Gasteiger charge is -2.23. The molecule has 0 saturated heterocycles. The van der Waals surface area contributed by atoms with Crippen LogP contribution in [0.15, 0.2) is 42.5 Å². The predicted octanol–water partition coefficient (Wildman–Crippen LogP) is 4.09. The minimum Gasteiger partial charge on any atom is -0.326 e. The van der Waals surface area contributed by atoms with Crippen molar-refractivity contribution in [3.63, 3.8) is 0 Å². The third-order valence-electron chi connectivity index (χ3n) is 3.68. The Morgan fingerprint density at radius 1 is 1.21 bits per heavy atom. The number of benzene rings is 2. The van der Waals surface area contributed by atoms with Gasteiger partial charge in [0.1, 0.15) is 0 Å². The van der Waals surface area contributed by atoms with E-state index in [1.54, 1.807) is 6.07 Å². The number of non-ortho nitro benzene ring substituents is 1. The summed E-state index contributed by atoms with van der Waals surface area (Å²) in [5.74, 6) is -0.397. The van der Waals surface area contributed by atoms with Crippen molar-refractivity contribution in [2.45, 2.75) is 12.8 Å². The average molecular weight is 446 g/mol. The second-order valence-electron chi connectivity index (χ2n) is 5.89. The van der Waals surface area contributed by atoms with E-state index in [0.717, 1.165) is 10.6 Å². The van der Waals surface area contributed by atoms with Crippen LogP contribution in [0.3, 0.4) is 0 Å². The zero-order chi connectivity index (χ0) is 20.9. The van der Waals surface area contributed by atoms with Crippen molar-refractivity contribution in [2.75, 3.05) is 22.4 Å². The Morgan fingerprint density at radius 3 is 2.57 bits per heavy atom. The Labute approximate surface area is 172 Å². The van der Waals surface area contributed by atoms with E-state index in [1.807, 2.05) is 0 Å². The van der Waals surface area contributed by atoms with Crippen LogP contribution in [0.4, 0.5) is 17.1 Å². The van der Waals surface area contributed by atoms with Crippen molar-refractivity contribution in [3.05, 3.63) is 62.6 Å². The Bertz CT molecular complexity index is 998. The van der Waals surface area contributed by atoms with Crippen molar-refractivity contribution in [2.24, 2.45) is 0 Å². The molecular formula is C17H17Cl2N3O5S. The molecule has 0 bridgehead atoms. The summed E-state index contributed by atoms with van der Waals surface area (Å²) in [6, 6.07) is 10.0. The third kappa shape index (κ3) is 6.08. The first-order chi connectivity index (χ1) is 13.1. The van der Waals surface area contributed by atoms with E-state index in [2.05, 4.69) is 5.32 Å². The smallest absolute Gasteiger partial charge is 0.271 e. The van der Waals surface area contributed by atoms with E-state index in [1.165, 1.54) is 36.4 Å². The first-order valence-electron chi connectivity index (χ1n) is 8.05. The highest BCUT2D eigenvalue weighted by Gasteiger charge is 2.20. The van der Waals surface area contributed by atoms with Crippen LogP contribution in [-0.4, -0.2) is 32.0 Å². The van der Waals surface area contributed by atoms with Crippen molar-refractivity contribution >= 4 is 56.2 Å². The zero-order valence-corrected chi connectivity index (χ0v) is 17.1. The summed E-state index contributed by atoms with van der Waals surface area (Å²) in [4.78, 5) is 22.3. The predicted molar refractivity (Wildman–Crippen MR) is 110 cm³/mol. The van der Waals surface area contributed by atoms with Crippen LogP contribution in [0, 0.1) is 10.1 Å². The van der Waals surface area contributed by atoms with Gasteiger partial charge in [-0.3, -0.25) is 19.2 Å². The van der Waals surface area contributed by atoms with Gasteiger partial charge in [0.15, 0.2) is 0 Å². The van der Waals surface area contributed by atoms with Gasteiger partial charge in [-0.25, -0.2) is 8.42 Å². The van der Waals surface area contributed by atoms with Crippen LogP contribution in [0.5, 0.6) is 0 Å². The molecule has 2 aromatic rings. The number of amides is 1. The van der Waals surface area contributed by atoms with Gasteiger partial charge in [0.2, 0.25) is 15.9 Å². The molecule has 0 spiro atoms. The lowest BCUT2D eigenvalue weighted by Crippen LogP contribution is -2.31. The number of carbonyl (C=O) groups is 1. The summed E-state index contributed by atoms with van der Waals surface area (Å²) in [7, 11) is -3.65. The molecule has 0 unspecified atom stereocenters. The molecular weight excluding hydrogens is 429 g/mol. The maximum atomic E-state index is 12.1. The molecule has 0 aliphatic heterocycles. The highest BCUT2D eigenvalue weighted by molar-refractivity contribution is 7.92. The van der Waals surface area contributed by atoms with E-state index in [0.29, 0.717) is 5.02 Å². The summed E-state index contributed by atoms with van der Waals surface area (Å²) >= 11 is 12.0. The van der Waals surface area contributed by atoms with E-state index in [4.69, 9.17) is 23.2 Å². The highest BCUT2D eigenvalue weighted by Crippen LogP contribution is 2.31. The Balaban J connectivity index is 2.02. The quantitative estimate of drug-likeness (QED) is 0.485. The van der Waals surface area contributed by atoms with E-state index >= 15 is 0 Å². The summed E-state index contributed by atoms with van der Waals surface area (Å²) in [6.07, 6.45) is 1.25. The first kappa shape index (κ1) is 21.9. The number of nitro benzene ring substituents is 1. The molecule has 0 radical (unpaired) electrons. The largest absolute Gasteiger partial charge is 0.326 e. The molecule has 1 N–H and O–H groups in total. The molecule has 2 aromatic carbocycles. The van der Waals surface area contributed by atoms with Crippen LogP contribution in [0.1, 0.15) is 12.8 Å². The van der Waals surface area contributed by atoms with Crippen LogP contribution in [0.25, 0.3) is 0 Å². The van der Waals surface area contributed by atoms with Gasteiger partial charge >= 0.3 is 0 Å². The highest BCUT2D eigenvalue weighted by atomic mass is 35.5. The summed E-state index contributed by atoms with van der Waals surface area (Å²) in [5, 5.41) is 13.9. The van der Waals surface area contributed by atoms with Gasteiger partial charge in [-0.05, 0) is 30.7 Å². The van der Waals surface area contributed by atoms with Crippen LogP contribution in [0.2, 0.25) is 10.0 Å². The van der Waals surface area contributed by atoms with Crippen molar-refractivity contribution in [1.29, 1.82) is 0 Å². The van der Waals surface area contributed by atoms with Gasteiger partial charge in [-0.15, -0.1) is 0 Å². The third-order valence-corrected chi connectivity index (χ3v) is 5.42. The maximum Gasteiger partial charge on any atom is 0.271 e. The molecule has 0 aliphatic rings. The fourth-order valence-corrected chi connectivity index (χ4v) is 3.85. The molecule has 0 saturated carbocycles. The van der Waals surface area contributed by atoms with Crippen LogP contribution in [-0.2, 0) is 14.8 Å². The number of anilines is 2.